The van der Waals surface area contributed by atoms with E-state index in [1.165, 1.54) is 19.3 Å². The summed E-state index contributed by atoms with van der Waals surface area (Å²) >= 11 is 0. The molecule has 2 heterocycles. The van der Waals surface area contributed by atoms with E-state index in [1.54, 1.807) is 0 Å². The minimum absolute atomic E-state index is 0.464. The highest BCUT2D eigenvalue weighted by Gasteiger charge is 2.35. The number of pyridine rings is 1. The highest BCUT2D eigenvalue weighted by Crippen LogP contribution is 2.30. The van der Waals surface area contributed by atoms with Gasteiger partial charge in [0.2, 0.25) is 0 Å². The first-order chi connectivity index (χ1) is 9.36. The van der Waals surface area contributed by atoms with Crippen LogP contribution >= 0.6 is 0 Å². The summed E-state index contributed by atoms with van der Waals surface area (Å²) < 4.78 is 5.86. The van der Waals surface area contributed by atoms with Crippen LogP contribution in [0.1, 0.15) is 31.9 Å². The lowest BCUT2D eigenvalue weighted by Gasteiger charge is -2.37. The summed E-state index contributed by atoms with van der Waals surface area (Å²) in [6.45, 7) is 5.87. The Balaban J connectivity index is 1.68. The average molecular weight is 261 g/mol. The lowest BCUT2D eigenvalue weighted by atomic mass is 10.1. The lowest BCUT2D eigenvalue weighted by molar-refractivity contribution is -0.0591. The third-order valence-electron chi connectivity index (χ3n) is 4.13. The molecule has 1 N–H and O–H groups in total. The molecule has 4 nitrogen and oxygen atoms in total. The second kappa shape index (κ2) is 5.88. The van der Waals surface area contributed by atoms with Crippen LogP contribution in [0.15, 0.2) is 18.2 Å². The summed E-state index contributed by atoms with van der Waals surface area (Å²) in [6, 6.07) is 6.86. The molecule has 0 bridgehead atoms. The largest absolute Gasteiger partial charge is 0.375 e. The number of ether oxygens (including phenoxy) is 1. The van der Waals surface area contributed by atoms with Gasteiger partial charge in [0.1, 0.15) is 5.82 Å². The molecular weight excluding hydrogens is 238 g/mol. The monoisotopic (exact) mass is 261 g/mol. The first kappa shape index (κ1) is 12.9. The summed E-state index contributed by atoms with van der Waals surface area (Å²) in [5.41, 5.74) is 1.16. The summed E-state index contributed by atoms with van der Waals surface area (Å²) in [4.78, 5) is 7.23. The van der Waals surface area contributed by atoms with E-state index in [4.69, 9.17) is 4.74 Å². The topological polar surface area (TPSA) is 37.4 Å². The molecule has 4 heteroatoms. The Bertz CT molecular complexity index is 424. The number of nitrogens with zero attached hydrogens (tertiary/aromatic N) is 2. The molecule has 1 aromatic rings. The molecular formula is C15H23N3O. The van der Waals surface area contributed by atoms with Gasteiger partial charge in [0.15, 0.2) is 0 Å². The molecule has 1 saturated heterocycles. The van der Waals surface area contributed by atoms with E-state index in [0.29, 0.717) is 12.1 Å². The van der Waals surface area contributed by atoms with Crippen LogP contribution in [0.2, 0.25) is 0 Å². The van der Waals surface area contributed by atoms with Crippen LogP contribution in [-0.2, 0) is 11.3 Å². The molecule has 0 amide bonds. The fourth-order valence-corrected chi connectivity index (χ4v) is 3.26. The number of aromatic nitrogens is 1. The Labute approximate surface area is 115 Å². The van der Waals surface area contributed by atoms with Gasteiger partial charge in [-0.2, -0.15) is 0 Å². The fraction of sp³-hybridized carbons (Fsp3) is 0.667. The quantitative estimate of drug-likeness (QED) is 0.902. The van der Waals surface area contributed by atoms with Crippen molar-refractivity contribution in [2.75, 3.05) is 25.0 Å². The van der Waals surface area contributed by atoms with E-state index >= 15 is 0 Å². The maximum Gasteiger partial charge on any atom is 0.126 e. The average Bonchev–Trinajstić information content (AvgIpc) is 2.89. The van der Waals surface area contributed by atoms with Crippen molar-refractivity contribution in [2.45, 2.75) is 44.9 Å². The van der Waals surface area contributed by atoms with Gasteiger partial charge in [0, 0.05) is 25.7 Å². The maximum atomic E-state index is 5.86. The molecule has 19 heavy (non-hydrogen) atoms. The van der Waals surface area contributed by atoms with Crippen LogP contribution in [0.4, 0.5) is 5.82 Å². The minimum Gasteiger partial charge on any atom is -0.375 e. The van der Waals surface area contributed by atoms with E-state index in [-0.39, 0.29) is 0 Å². The number of rotatable bonds is 4. The number of hydrogen-bond donors (Lipinski definition) is 1. The number of fused-ring (bicyclic) bond motifs is 1. The third kappa shape index (κ3) is 2.90. The van der Waals surface area contributed by atoms with Gasteiger partial charge in [-0.25, -0.2) is 4.98 Å². The second-order valence-corrected chi connectivity index (χ2v) is 5.42. The normalized spacial score (nSPS) is 27.2. The number of hydrogen-bond acceptors (Lipinski definition) is 4. The number of morpholine rings is 1. The Morgan fingerprint density at radius 3 is 3.26 bits per heavy atom. The van der Waals surface area contributed by atoms with Crippen molar-refractivity contribution in [2.24, 2.45) is 0 Å². The van der Waals surface area contributed by atoms with Crippen molar-refractivity contribution in [3.8, 4) is 0 Å². The van der Waals surface area contributed by atoms with Gasteiger partial charge in [-0.1, -0.05) is 6.07 Å². The first-order valence-electron chi connectivity index (χ1n) is 7.42. The zero-order valence-electron chi connectivity index (χ0n) is 11.6. The van der Waals surface area contributed by atoms with E-state index in [0.717, 1.165) is 37.8 Å². The Morgan fingerprint density at radius 2 is 2.37 bits per heavy atom. The molecule has 3 rings (SSSR count). The van der Waals surface area contributed by atoms with Crippen LogP contribution in [0.25, 0.3) is 0 Å². The highest BCUT2D eigenvalue weighted by atomic mass is 16.5. The van der Waals surface area contributed by atoms with Gasteiger partial charge >= 0.3 is 0 Å². The smallest absolute Gasteiger partial charge is 0.126 e. The Hall–Kier alpha value is -1.13. The standard InChI is InChI=1S/C15H23N3O/c1-2-16-15-8-3-5-12(17-15)11-18-9-10-19-14-7-4-6-13(14)18/h3,5,8,13-14H,2,4,6-7,9-11H2,1H3,(H,16,17). The molecule has 2 unspecified atom stereocenters. The molecule has 1 saturated carbocycles. The molecule has 1 aliphatic carbocycles. The zero-order valence-corrected chi connectivity index (χ0v) is 11.6. The summed E-state index contributed by atoms with van der Waals surface area (Å²) in [6.07, 6.45) is 4.27. The van der Waals surface area contributed by atoms with Gasteiger partial charge in [-0.15, -0.1) is 0 Å². The number of anilines is 1. The van der Waals surface area contributed by atoms with Crippen LogP contribution in [0.3, 0.4) is 0 Å². The molecule has 2 aliphatic rings. The first-order valence-corrected chi connectivity index (χ1v) is 7.42. The summed E-state index contributed by atoms with van der Waals surface area (Å²) in [7, 11) is 0. The van der Waals surface area contributed by atoms with Crippen molar-refractivity contribution in [1.82, 2.24) is 9.88 Å². The van der Waals surface area contributed by atoms with Crippen LogP contribution in [0.5, 0.6) is 0 Å². The molecule has 2 fully saturated rings. The van der Waals surface area contributed by atoms with E-state index < -0.39 is 0 Å². The zero-order chi connectivity index (χ0) is 13.1. The van der Waals surface area contributed by atoms with Crippen LogP contribution in [0, 0.1) is 0 Å². The molecule has 0 aromatic carbocycles. The van der Waals surface area contributed by atoms with E-state index in [9.17, 15) is 0 Å². The van der Waals surface area contributed by atoms with Gasteiger partial charge in [-0.3, -0.25) is 4.90 Å². The predicted octanol–water partition coefficient (Wildman–Crippen LogP) is 2.27. The van der Waals surface area contributed by atoms with Gasteiger partial charge in [0.25, 0.3) is 0 Å². The van der Waals surface area contributed by atoms with E-state index in [2.05, 4.69) is 34.3 Å². The Kier molecular flexibility index (Phi) is 3.99. The number of nitrogens with one attached hydrogen (secondary N) is 1. The minimum atomic E-state index is 0.464. The molecule has 2 atom stereocenters. The van der Waals surface area contributed by atoms with Crippen LogP contribution < -0.4 is 5.32 Å². The summed E-state index contributed by atoms with van der Waals surface area (Å²) in [5, 5.41) is 3.28. The van der Waals surface area contributed by atoms with Crippen molar-refractivity contribution >= 4 is 5.82 Å². The fourth-order valence-electron chi connectivity index (χ4n) is 3.26. The maximum absolute atomic E-state index is 5.86. The van der Waals surface area contributed by atoms with Gasteiger partial charge in [-0.05, 0) is 38.3 Å². The molecule has 0 spiro atoms. The predicted molar refractivity (Wildman–Crippen MR) is 76.2 cm³/mol. The van der Waals surface area contributed by atoms with Crippen molar-refractivity contribution in [1.29, 1.82) is 0 Å². The van der Waals surface area contributed by atoms with Gasteiger partial charge in [0.05, 0.1) is 18.4 Å². The molecule has 0 radical (unpaired) electrons. The second-order valence-electron chi connectivity index (χ2n) is 5.42. The van der Waals surface area contributed by atoms with Crippen molar-refractivity contribution in [3.63, 3.8) is 0 Å². The summed E-state index contributed by atoms with van der Waals surface area (Å²) in [5.74, 6) is 0.983. The highest BCUT2D eigenvalue weighted by molar-refractivity contribution is 5.35. The third-order valence-corrected chi connectivity index (χ3v) is 4.13. The Morgan fingerprint density at radius 1 is 1.42 bits per heavy atom. The molecule has 104 valence electrons. The lowest BCUT2D eigenvalue weighted by Crippen LogP contribution is -2.47. The molecule has 1 aromatic heterocycles. The SMILES string of the molecule is CCNc1cccc(CN2CCOC3CCCC32)n1. The van der Waals surface area contributed by atoms with Gasteiger partial charge < -0.3 is 10.1 Å². The van der Waals surface area contributed by atoms with E-state index in [1.807, 2.05) is 6.07 Å². The van der Waals surface area contributed by atoms with Crippen LogP contribution in [-0.4, -0.2) is 41.7 Å². The molecule has 1 aliphatic heterocycles. The van der Waals surface area contributed by atoms with Crippen molar-refractivity contribution in [3.05, 3.63) is 23.9 Å². The van der Waals surface area contributed by atoms with Crippen molar-refractivity contribution < 1.29 is 4.74 Å².